The molecule has 0 aliphatic carbocycles. The Morgan fingerprint density at radius 3 is 1.90 bits per heavy atom. The number of fused-ring (bicyclic) bond motifs is 6. The first-order valence-corrected chi connectivity index (χ1v) is 14.6. The van der Waals surface area contributed by atoms with Gasteiger partial charge in [-0.1, -0.05) is 83.9 Å². The van der Waals surface area contributed by atoms with Gasteiger partial charge in [0.25, 0.3) is 0 Å². The third-order valence-electron chi connectivity index (χ3n) is 7.86. The first-order chi connectivity index (χ1) is 20.0. The average Bonchev–Trinajstić information content (AvgIpc) is 3.52. The van der Waals surface area contributed by atoms with Crippen molar-refractivity contribution in [2.45, 2.75) is 20.8 Å². The van der Waals surface area contributed by atoms with Gasteiger partial charge in [-0.25, -0.2) is 4.98 Å². The number of aromatic nitrogens is 4. The molecule has 0 fully saturated rings. The van der Waals surface area contributed by atoms with E-state index >= 15 is 0 Å². The van der Waals surface area contributed by atoms with E-state index in [4.69, 9.17) is 15.0 Å². The molecule has 0 N–H and O–H groups in total. The highest BCUT2D eigenvalue weighted by Gasteiger charge is 2.19. The maximum Gasteiger partial charge on any atom is 0.238 e. The van der Waals surface area contributed by atoms with Crippen molar-refractivity contribution >= 4 is 53.3 Å². The van der Waals surface area contributed by atoms with Crippen LogP contribution < -0.4 is 0 Å². The van der Waals surface area contributed by atoms with Crippen molar-refractivity contribution in [1.82, 2.24) is 19.5 Å². The van der Waals surface area contributed by atoms with E-state index in [0.29, 0.717) is 17.6 Å². The minimum atomic E-state index is 0.621. The Balaban J connectivity index is 1.47. The molecule has 0 unspecified atom stereocenters. The van der Waals surface area contributed by atoms with Crippen LogP contribution in [0.4, 0.5) is 0 Å². The van der Waals surface area contributed by atoms with Gasteiger partial charge in [0.15, 0.2) is 11.6 Å². The number of benzene rings is 5. The van der Waals surface area contributed by atoms with E-state index in [2.05, 4.69) is 128 Å². The zero-order chi connectivity index (χ0) is 27.7. The number of para-hydroxylation sites is 1. The standard InChI is InChI=1S/C36H26N4S/c1-21-9-6-12-24(17-21)34-37-35(25-13-7-10-22(2)18-25)39-36(38-34)40-30-16-5-4-14-26(30)28-19-29-27-15-8-11-23(3)33(27)41-32(29)20-31(28)40/h4-20H,1-3H3. The van der Waals surface area contributed by atoms with Gasteiger partial charge in [-0.05, 0) is 56.7 Å². The number of rotatable bonds is 3. The van der Waals surface area contributed by atoms with E-state index in [1.165, 1.54) is 47.6 Å². The molecule has 4 nitrogen and oxygen atoms in total. The van der Waals surface area contributed by atoms with Crippen LogP contribution in [-0.4, -0.2) is 19.5 Å². The molecule has 0 aliphatic heterocycles. The molecule has 8 rings (SSSR count). The van der Waals surface area contributed by atoms with Gasteiger partial charge >= 0.3 is 0 Å². The summed E-state index contributed by atoms with van der Waals surface area (Å²) in [5.41, 5.74) is 7.78. The summed E-state index contributed by atoms with van der Waals surface area (Å²) in [5, 5.41) is 4.99. The second-order valence-corrected chi connectivity index (χ2v) is 11.8. The summed E-state index contributed by atoms with van der Waals surface area (Å²) in [4.78, 5) is 15.2. The molecule has 0 bridgehead atoms. The normalized spacial score (nSPS) is 11.8. The lowest BCUT2D eigenvalue weighted by Crippen LogP contribution is -2.06. The van der Waals surface area contributed by atoms with Crippen LogP contribution in [0, 0.1) is 20.8 Å². The van der Waals surface area contributed by atoms with Gasteiger partial charge in [0.05, 0.1) is 11.0 Å². The molecule has 3 aromatic heterocycles. The highest BCUT2D eigenvalue weighted by atomic mass is 32.1. The Morgan fingerprint density at radius 1 is 0.537 bits per heavy atom. The average molecular weight is 547 g/mol. The van der Waals surface area contributed by atoms with Crippen molar-refractivity contribution in [2.24, 2.45) is 0 Å². The lowest BCUT2D eigenvalue weighted by molar-refractivity contribution is 0.953. The Morgan fingerprint density at radius 2 is 1.20 bits per heavy atom. The number of aryl methyl sites for hydroxylation is 3. The summed E-state index contributed by atoms with van der Waals surface area (Å²) < 4.78 is 4.81. The number of hydrogen-bond donors (Lipinski definition) is 0. The lowest BCUT2D eigenvalue weighted by Gasteiger charge is -2.11. The van der Waals surface area contributed by atoms with Crippen molar-refractivity contribution in [2.75, 3.05) is 0 Å². The van der Waals surface area contributed by atoms with Gasteiger partial charge in [0.1, 0.15) is 0 Å². The van der Waals surface area contributed by atoms with Crippen LogP contribution >= 0.6 is 11.3 Å². The molecule has 3 heterocycles. The number of nitrogens with zero attached hydrogens (tertiary/aromatic N) is 4. The fourth-order valence-corrected chi connectivity index (χ4v) is 7.09. The molecule has 5 aromatic carbocycles. The Kier molecular flexibility index (Phi) is 5.31. The SMILES string of the molecule is Cc1cccc(-c2nc(-c3cccc(C)c3)nc(-n3c4ccccc4c4cc5c(cc43)sc3c(C)cccc35)n2)c1. The lowest BCUT2D eigenvalue weighted by atomic mass is 10.1. The van der Waals surface area contributed by atoms with Crippen LogP contribution in [0.1, 0.15) is 16.7 Å². The fraction of sp³-hybridized carbons (Fsp3) is 0.0833. The highest BCUT2D eigenvalue weighted by molar-refractivity contribution is 7.26. The molecule has 8 aromatic rings. The van der Waals surface area contributed by atoms with Crippen molar-refractivity contribution in [1.29, 1.82) is 0 Å². The van der Waals surface area contributed by atoms with E-state index in [0.717, 1.165) is 22.2 Å². The summed E-state index contributed by atoms with van der Waals surface area (Å²) in [6.45, 7) is 6.38. The summed E-state index contributed by atoms with van der Waals surface area (Å²) in [7, 11) is 0. The van der Waals surface area contributed by atoms with Crippen molar-refractivity contribution in [3.8, 4) is 28.7 Å². The maximum atomic E-state index is 5.12. The van der Waals surface area contributed by atoms with Crippen molar-refractivity contribution in [3.05, 3.63) is 120 Å². The van der Waals surface area contributed by atoms with Gasteiger partial charge in [-0.2, -0.15) is 9.97 Å². The molecule has 0 saturated carbocycles. The van der Waals surface area contributed by atoms with E-state index in [9.17, 15) is 0 Å². The molecule has 196 valence electrons. The Hall–Kier alpha value is -4.87. The molecular formula is C36H26N4S. The first kappa shape index (κ1) is 24.0. The monoisotopic (exact) mass is 546 g/mol. The van der Waals surface area contributed by atoms with Gasteiger partial charge < -0.3 is 0 Å². The highest BCUT2D eigenvalue weighted by Crippen LogP contribution is 2.41. The Labute approximate surface area is 241 Å². The molecule has 0 saturated heterocycles. The van der Waals surface area contributed by atoms with Gasteiger partial charge in [-0.3, -0.25) is 4.57 Å². The Bertz CT molecular complexity index is 2240. The molecule has 0 atom stereocenters. The largest absolute Gasteiger partial charge is 0.278 e. The zero-order valence-corrected chi connectivity index (χ0v) is 23.8. The van der Waals surface area contributed by atoms with Gasteiger partial charge in [0.2, 0.25) is 5.95 Å². The summed E-state index contributed by atoms with van der Waals surface area (Å²) in [6, 6.07) is 36.5. The van der Waals surface area contributed by atoms with Crippen LogP contribution in [0.15, 0.2) is 103 Å². The van der Waals surface area contributed by atoms with Crippen LogP contribution in [0.5, 0.6) is 0 Å². The zero-order valence-electron chi connectivity index (χ0n) is 23.0. The molecule has 0 aliphatic rings. The second-order valence-electron chi connectivity index (χ2n) is 10.8. The minimum absolute atomic E-state index is 0.621. The maximum absolute atomic E-state index is 5.12. The minimum Gasteiger partial charge on any atom is -0.278 e. The first-order valence-electron chi connectivity index (χ1n) is 13.8. The topological polar surface area (TPSA) is 43.6 Å². The predicted molar refractivity (Wildman–Crippen MR) is 172 cm³/mol. The van der Waals surface area contributed by atoms with Crippen LogP contribution in [-0.2, 0) is 0 Å². The molecule has 0 spiro atoms. The molecule has 5 heteroatoms. The van der Waals surface area contributed by atoms with Crippen molar-refractivity contribution in [3.63, 3.8) is 0 Å². The molecular weight excluding hydrogens is 520 g/mol. The number of thiophene rings is 1. The smallest absolute Gasteiger partial charge is 0.238 e. The summed E-state index contributed by atoms with van der Waals surface area (Å²) in [5.74, 6) is 1.95. The third kappa shape index (κ3) is 3.85. The third-order valence-corrected chi connectivity index (χ3v) is 9.17. The summed E-state index contributed by atoms with van der Waals surface area (Å²) in [6.07, 6.45) is 0. The van der Waals surface area contributed by atoms with Crippen molar-refractivity contribution < 1.29 is 0 Å². The molecule has 0 amide bonds. The van der Waals surface area contributed by atoms with E-state index in [-0.39, 0.29) is 0 Å². The quantitative estimate of drug-likeness (QED) is 0.222. The van der Waals surface area contributed by atoms with E-state index in [1.54, 1.807) is 0 Å². The van der Waals surface area contributed by atoms with Crippen LogP contribution in [0.2, 0.25) is 0 Å². The van der Waals surface area contributed by atoms with Gasteiger partial charge in [0, 0.05) is 42.1 Å². The second kappa shape index (κ2) is 9.08. The fourth-order valence-electron chi connectivity index (χ4n) is 5.91. The van der Waals surface area contributed by atoms with E-state index in [1.807, 2.05) is 11.3 Å². The van der Waals surface area contributed by atoms with E-state index < -0.39 is 0 Å². The molecule has 0 radical (unpaired) electrons. The van der Waals surface area contributed by atoms with Gasteiger partial charge in [-0.15, -0.1) is 11.3 Å². The number of hydrogen-bond acceptors (Lipinski definition) is 4. The molecule has 41 heavy (non-hydrogen) atoms. The van der Waals surface area contributed by atoms with Crippen LogP contribution in [0.25, 0.3) is 70.7 Å². The van der Waals surface area contributed by atoms with Crippen LogP contribution in [0.3, 0.4) is 0 Å². The predicted octanol–water partition coefficient (Wildman–Crippen LogP) is 9.60. The summed E-state index contributed by atoms with van der Waals surface area (Å²) >= 11 is 1.85.